The van der Waals surface area contributed by atoms with Crippen LogP contribution in [0.4, 0.5) is 0 Å². The van der Waals surface area contributed by atoms with E-state index in [4.69, 9.17) is 5.84 Å². The van der Waals surface area contributed by atoms with Crippen molar-refractivity contribution in [3.05, 3.63) is 24.0 Å². The summed E-state index contributed by atoms with van der Waals surface area (Å²) in [6.45, 7) is 2.18. The topological polar surface area (TPSA) is 30.9 Å². The number of aromatic nitrogens is 1. The summed E-state index contributed by atoms with van der Waals surface area (Å²) in [6.07, 6.45) is 5.43. The number of hydrogen-bond acceptors (Lipinski definition) is 1. The number of aryl methyl sites for hydroxylation is 1. The van der Waals surface area contributed by atoms with Crippen LogP contribution in [0.5, 0.6) is 0 Å². The summed E-state index contributed by atoms with van der Waals surface area (Å²) in [6, 6.07) is 4.04. The molecular weight excluding hydrogens is 124 g/mol. The van der Waals surface area contributed by atoms with Gasteiger partial charge in [-0.1, -0.05) is 13.3 Å². The third kappa shape index (κ3) is 1.53. The zero-order valence-electron chi connectivity index (χ0n) is 6.38. The molecule has 0 spiro atoms. The van der Waals surface area contributed by atoms with E-state index in [2.05, 4.69) is 13.0 Å². The highest BCUT2D eigenvalue weighted by Gasteiger charge is 1.94. The summed E-state index contributed by atoms with van der Waals surface area (Å²) in [5, 5.41) is 0. The Morgan fingerprint density at radius 2 is 2.40 bits per heavy atom. The van der Waals surface area contributed by atoms with Crippen LogP contribution in [0.15, 0.2) is 18.3 Å². The Morgan fingerprint density at radius 3 is 2.90 bits per heavy atom. The van der Waals surface area contributed by atoms with Crippen LogP contribution in [0.25, 0.3) is 0 Å². The van der Waals surface area contributed by atoms with Gasteiger partial charge in [-0.25, -0.2) is 0 Å². The third-order valence-electron chi connectivity index (χ3n) is 1.65. The number of hydrogen-bond donors (Lipinski definition) is 1. The minimum atomic E-state index is 1.10. The number of nitrogens with zero attached hydrogens (tertiary/aromatic N) is 1. The molecular formula is C8H14N2. The zero-order valence-corrected chi connectivity index (χ0v) is 6.38. The van der Waals surface area contributed by atoms with Crippen LogP contribution in [-0.4, -0.2) is 4.68 Å². The maximum absolute atomic E-state index is 5.60. The summed E-state index contributed by atoms with van der Waals surface area (Å²) in [5.41, 5.74) is 1.22. The van der Waals surface area contributed by atoms with Crippen LogP contribution in [0.3, 0.4) is 0 Å². The van der Waals surface area contributed by atoms with Gasteiger partial charge >= 0.3 is 0 Å². The van der Waals surface area contributed by atoms with Crippen molar-refractivity contribution in [2.45, 2.75) is 26.2 Å². The lowest BCUT2D eigenvalue weighted by Crippen LogP contribution is -2.10. The second-order valence-corrected chi connectivity index (χ2v) is 2.51. The Hall–Kier alpha value is -0.920. The van der Waals surface area contributed by atoms with Crippen molar-refractivity contribution in [3.63, 3.8) is 0 Å². The molecule has 56 valence electrons. The standard InChI is InChI=1S/C8H14N2/c1-2-3-5-8-6-4-7-10(8)9/h4,6-7H,2-3,5,9H2,1H3. The van der Waals surface area contributed by atoms with E-state index in [-0.39, 0.29) is 0 Å². The first-order valence-electron chi connectivity index (χ1n) is 3.76. The van der Waals surface area contributed by atoms with Gasteiger partial charge in [0.1, 0.15) is 0 Å². The monoisotopic (exact) mass is 138 g/mol. The molecule has 0 aliphatic heterocycles. The molecule has 0 radical (unpaired) electrons. The molecule has 0 saturated carbocycles. The van der Waals surface area contributed by atoms with E-state index < -0.39 is 0 Å². The van der Waals surface area contributed by atoms with Gasteiger partial charge in [0.15, 0.2) is 0 Å². The van der Waals surface area contributed by atoms with E-state index in [1.54, 1.807) is 4.68 Å². The molecule has 0 amide bonds. The molecule has 0 aliphatic rings. The summed E-state index contributed by atoms with van der Waals surface area (Å²) >= 11 is 0. The van der Waals surface area contributed by atoms with Gasteiger partial charge in [0.05, 0.1) is 0 Å². The van der Waals surface area contributed by atoms with E-state index in [1.807, 2.05) is 12.3 Å². The molecule has 0 bridgehead atoms. The molecule has 1 rings (SSSR count). The minimum Gasteiger partial charge on any atom is -0.339 e. The highest BCUT2D eigenvalue weighted by atomic mass is 15.3. The fourth-order valence-electron chi connectivity index (χ4n) is 0.999. The van der Waals surface area contributed by atoms with Gasteiger partial charge in [0.25, 0.3) is 0 Å². The Kier molecular flexibility index (Phi) is 2.37. The van der Waals surface area contributed by atoms with Crippen molar-refractivity contribution in [3.8, 4) is 0 Å². The van der Waals surface area contributed by atoms with Crippen LogP contribution < -0.4 is 5.84 Å². The molecule has 2 N–H and O–H groups in total. The predicted octanol–water partition coefficient (Wildman–Crippen LogP) is 1.54. The van der Waals surface area contributed by atoms with E-state index in [9.17, 15) is 0 Å². The number of unbranched alkanes of at least 4 members (excludes halogenated alkanes) is 1. The summed E-state index contributed by atoms with van der Waals surface area (Å²) < 4.78 is 1.69. The lowest BCUT2D eigenvalue weighted by atomic mass is 10.2. The van der Waals surface area contributed by atoms with Crippen molar-refractivity contribution >= 4 is 0 Å². The van der Waals surface area contributed by atoms with Crippen LogP contribution >= 0.6 is 0 Å². The average Bonchev–Trinajstić information content (AvgIpc) is 2.31. The third-order valence-corrected chi connectivity index (χ3v) is 1.65. The molecule has 2 heteroatoms. The maximum atomic E-state index is 5.60. The fourth-order valence-corrected chi connectivity index (χ4v) is 0.999. The molecule has 2 nitrogen and oxygen atoms in total. The Labute approximate surface area is 61.6 Å². The number of nitrogen functional groups attached to an aromatic ring is 1. The van der Waals surface area contributed by atoms with Crippen LogP contribution in [0, 0.1) is 0 Å². The van der Waals surface area contributed by atoms with Crippen LogP contribution in [0.2, 0.25) is 0 Å². The predicted molar refractivity (Wildman–Crippen MR) is 43.2 cm³/mol. The molecule has 0 fully saturated rings. The molecule has 0 atom stereocenters. The lowest BCUT2D eigenvalue weighted by molar-refractivity contribution is 0.751. The number of rotatable bonds is 3. The first-order chi connectivity index (χ1) is 4.84. The minimum absolute atomic E-state index is 1.10. The van der Waals surface area contributed by atoms with Crippen LogP contribution in [-0.2, 0) is 6.42 Å². The van der Waals surface area contributed by atoms with E-state index in [0.29, 0.717) is 0 Å². The Balaban J connectivity index is 2.49. The molecule has 0 aliphatic carbocycles. The molecule has 0 saturated heterocycles. The van der Waals surface area contributed by atoms with Gasteiger partial charge < -0.3 is 5.84 Å². The van der Waals surface area contributed by atoms with Crippen LogP contribution in [0.1, 0.15) is 25.5 Å². The molecule has 0 unspecified atom stereocenters. The van der Waals surface area contributed by atoms with Gasteiger partial charge in [-0.15, -0.1) is 0 Å². The molecule has 10 heavy (non-hydrogen) atoms. The summed E-state index contributed by atoms with van der Waals surface area (Å²) in [5.74, 6) is 5.60. The van der Waals surface area contributed by atoms with Crippen molar-refractivity contribution < 1.29 is 0 Å². The van der Waals surface area contributed by atoms with Crippen molar-refractivity contribution in [2.75, 3.05) is 5.84 Å². The smallest absolute Gasteiger partial charge is 0.0391 e. The lowest BCUT2D eigenvalue weighted by Gasteiger charge is -1.99. The second kappa shape index (κ2) is 3.30. The van der Waals surface area contributed by atoms with Crippen molar-refractivity contribution in [2.24, 2.45) is 0 Å². The van der Waals surface area contributed by atoms with Crippen molar-refractivity contribution in [1.29, 1.82) is 0 Å². The SMILES string of the molecule is CCCCc1cccn1N. The maximum Gasteiger partial charge on any atom is 0.0391 e. The fraction of sp³-hybridized carbons (Fsp3) is 0.500. The largest absolute Gasteiger partial charge is 0.339 e. The Morgan fingerprint density at radius 1 is 1.60 bits per heavy atom. The van der Waals surface area contributed by atoms with E-state index >= 15 is 0 Å². The average molecular weight is 138 g/mol. The summed E-state index contributed by atoms with van der Waals surface area (Å²) in [4.78, 5) is 0. The van der Waals surface area contributed by atoms with E-state index in [1.165, 1.54) is 18.5 Å². The quantitative estimate of drug-likeness (QED) is 0.631. The Bertz CT molecular complexity index is 191. The number of nitrogens with two attached hydrogens (primary N) is 1. The second-order valence-electron chi connectivity index (χ2n) is 2.51. The summed E-state index contributed by atoms with van der Waals surface area (Å²) in [7, 11) is 0. The molecule has 1 heterocycles. The van der Waals surface area contributed by atoms with Gasteiger partial charge in [0, 0.05) is 11.9 Å². The van der Waals surface area contributed by atoms with Crippen molar-refractivity contribution in [1.82, 2.24) is 4.68 Å². The first-order valence-corrected chi connectivity index (χ1v) is 3.76. The normalized spacial score (nSPS) is 10.1. The first kappa shape index (κ1) is 7.19. The van der Waals surface area contributed by atoms with Gasteiger partial charge in [-0.05, 0) is 25.0 Å². The van der Waals surface area contributed by atoms with E-state index in [0.717, 1.165) is 6.42 Å². The highest BCUT2D eigenvalue weighted by Crippen LogP contribution is 2.02. The van der Waals surface area contributed by atoms with Gasteiger partial charge in [-0.3, -0.25) is 4.68 Å². The molecule has 1 aromatic rings. The van der Waals surface area contributed by atoms with Gasteiger partial charge in [0.2, 0.25) is 0 Å². The zero-order chi connectivity index (χ0) is 7.40. The molecule has 0 aromatic carbocycles. The highest BCUT2D eigenvalue weighted by molar-refractivity contribution is 5.06. The van der Waals surface area contributed by atoms with Gasteiger partial charge in [-0.2, -0.15) is 0 Å². The molecule has 1 aromatic heterocycles.